The summed E-state index contributed by atoms with van der Waals surface area (Å²) in [6.07, 6.45) is 3.37. The zero-order valence-corrected chi connectivity index (χ0v) is 16.2. The highest BCUT2D eigenvalue weighted by Crippen LogP contribution is 2.21. The van der Waals surface area contributed by atoms with Gasteiger partial charge in [0.1, 0.15) is 5.75 Å². The van der Waals surface area contributed by atoms with Gasteiger partial charge in [0.15, 0.2) is 0 Å². The van der Waals surface area contributed by atoms with E-state index >= 15 is 0 Å². The number of benzene rings is 2. The Morgan fingerprint density at radius 1 is 0.931 bits per heavy atom. The van der Waals surface area contributed by atoms with E-state index in [1.165, 1.54) is 0 Å². The molecule has 1 heterocycles. The summed E-state index contributed by atoms with van der Waals surface area (Å²) >= 11 is 0. The monoisotopic (exact) mass is 389 g/mol. The fourth-order valence-electron chi connectivity index (χ4n) is 2.96. The van der Waals surface area contributed by atoms with Crippen LogP contribution in [0.5, 0.6) is 5.75 Å². The van der Waals surface area contributed by atoms with Crippen molar-refractivity contribution < 1.29 is 14.3 Å². The Kier molecular flexibility index (Phi) is 6.95. The summed E-state index contributed by atoms with van der Waals surface area (Å²) in [5.41, 5.74) is 2.25. The SMILES string of the molecule is CCOc1ccccc1C(=O)NCC(=O)NC(c1ccccc1)c1ccncc1. The maximum atomic E-state index is 12.6. The van der Waals surface area contributed by atoms with Crippen molar-refractivity contribution in [2.75, 3.05) is 13.2 Å². The molecule has 2 N–H and O–H groups in total. The van der Waals surface area contributed by atoms with E-state index in [4.69, 9.17) is 4.74 Å². The molecule has 0 saturated heterocycles. The second-order valence-electron chi connectivity index (χ2n) is 6.30. The van der Waals surface area contributed by atoms with Gasteiger partial charge in [-0.2, -0.15) is 0 Å². The molecule has 0 aliphatic rings. The van der Waals surface area contributed by atoms with Gasteiger partial charge < -0.3 is 15.4 Å². The Balaban J connectivity index is 1.67. The molecule has 3 aromatic rings. The summed E-state index contributed by atoms with van der Waals surface area (Å²) in [5.74, 6) is -0.158. The summed E-state index contributed by atoms with van der Waals surface area (Å²) in [6, 6.07) is 20.0. The van der Waals surface area contributed by atoms with Gasteiger partial charge >= 0.3 is 0 Å². The minimum absolute atomic E-state index is 0.145. The molecule has 0 saturated carbocycles. The maximum absolute atomic E-state index is 12.6. The molecule has 148 valence electrons. The smallest absolute Gasteiger partial charge is 0.255 e. The van der Waals surface area contributed by atoms with E-state index in [1.807, 2.05) is 49.4 Å². The highest BCUT2D eigenvalue weighted by atomic mass is 16.5. The van der Waals surface area contributed by atoms with Gasteiger partial charge in [-0.1, -0.05) is 42.5 Å². The third-order valence-electron chi connectivity index (χ3n) is 4.32. The lowest BCUT2D eigenvalue weighted by atomic mass is 9.99. The molecule has 0 radical (unpaired) electrons. The van der Waals surface area contributed by atoms with Crippen LogP contribution in [-0.4, -0.2) is 29.9 Å². The zero-order chi connectivity index (χ0) is 20.5. The van der Waals surface area contributed by atoms with Gasteiger partial charge in [0, 0.05) is 12.4 Å². The first kappa shape index (κ1) is 20.1. The maximum Gasteiger partial charge on any atom is 0.255 e. The Hall–Kier alpha value is -3.67. The van der Waals surface area contributed by atoms with Gasteiger partial charge in [-0.15, -0.1) is 0 Å². The lowest BCUT2D eigenvalue weighted by Crippen LogP contribution is -2.39. The predicted octanol–water partition coefficient (Wildman–Crippen LogP) is 3.12. The highest BCUT2D eigenvalue weighted by molar-refractivity contribution is 5.98. The van der Waals surface area contributed by atoms with Gasteiger partial charge in [0.05, 0.1) is 24.8 Å². The van der Waals surface area contributed by atoms with Crippen LogP contribution in [-0.2, 0) is 4.79 Å². The summed E-state index contributed by atoms with van der Waals surface area (Å²) in [5, 5.41) is 5.65. The van der Waals surface area contributed by atoms with Crippen molar-refractivity contribution in [2.45, 2.75) is 13.0 Å². The zero-order valence-electron chi connectivity index (χ0n) is 16.2. The number of para-hydroxylation sites is 1. The van der Waals surface area contributed by atoms with E-state index in [0.29, 0.717) is 17.9 Å². The molecule has 6 heteroatoms. The van der Waals surface area contributed by atoms with Crippen LogP contribution in [0.3, 0.4) is 0 Å². The Labute approximate surface area is 169 Å². The van der Waals surface area contributed by atoms with Crippen LogP contribution in [0.25, 0.3) is 0 Å². The number of pyridine rings is 1. The number of carbonyl (C=O) groups excluding carboxylic acids is 2. The Morgan fingerprint density at radius 2 is 1.59 bits per heavy atom. The van der Waals surface area contributed by atoms with Gasteiger partial charge in [-0.05, 0) is 42.3 Å². The van der Waals surface area contributed by atoms with E-state index in [1.54, 1.807) is 36.7 Å². The molecule has 0 aliphatic heterocycles. The van der Waals surface area contributed by atoms with Crippen molar-refractivity contribution in [3.8, 4) is 5.75 Å². The first-order valence-electron chi connectivity index (χ1n) is 9.43. The number of hydrogen-bond acceptors (Lipinski definition) is 4. The van der Waals surface area contributed by atoms with Crippen molar-refractivity contribution in [2.24, 2.45) is 0 Å². The van der Waals surface area contributed by atoms with Crippen LogP contribution in [0.2, 0.25) is 0 Å². The summed E-state index contributed by atoms with van der Waals surface area (Å²) in [6.45, 7) is 2.16. The van der Waals surface area contributed by atoms with E-state index in [9.17, 15) is 9.59 Å². The molecule has 6 nitrogen and oxygen atoms in total. The van der Waals surface area contributed by atoms with Gasteiger partial charge in [0.2, 0.25) is 5.91 Å². The molecule has 2 aromatic carbocycles. The quantitative estimate of drug-likeness (QED) is 0.620. The average Bonchev–Trinajstić information content (AvgIpc) is 2.77. The fraction of sp³-hybridized carbons (Fsp3) is 0.174. The van der Waals surface area contributed by atoms with Crippen LogP contribution < -0.4 is 15.4 Å². The molecule has 0 aliphatic carbocycles. The third kappa shape index (κ3) is 5.42. The van der Waals surface area contributed by atoms with Crippen molar-refractivity contribution in [1.82, 2.24) is 15.6 Å². The largest absolute Gasteiger partial charge is 0.493 e. The number of nitrogens with one attached hydrogen (secondary N) is 2. The molecule has 3 rings (SSSR count). The minimum Gasteiger partial charge on any atom is -0.493 e. The van der Waals surface area contributed by atoms with E-state index in [2.05, 4.69) is 15.6 Å². The number of amides is 2. The number of ether oxygens (including phenoxy) is 1. The van der Waals surface area contributed by atoms with Crippen LogP contribution in [0.1, 0.15) is 34.5 Å². The number of carbonyl (C=O) groups is 2. The normalized spacial score (nSPS) is 11.3. The molecule has 1 unspecified atom stereocenters. The van der Waals surface area contributed by atoms with Crippen molar-refractivity contribution in [3.05, 3.63) is 95.8 Å². The highest BCUT2D eigenvalue weighted by Gasteiger charge is 2.18. The van der Waals surface area contributed by atoms with E-state index in [0.717, 1.165) is 11.1 Å². The second-order valence-corrected chi connectivity index (χ2v) is 6.30. The van der Waals surface area contributed by atoms with Crippen molar-refractivity contribution in [1.29, 1.82) is 0 Å². The fourth-order valence-corrected chi connectivity index (χ4v) is 2.96. The molecule has 0 fully saturated rings. The van der Waals surface area contributed by atoms with Crippen molar-refractivity contribution >= 4 is 11.8 Å². The third-order valence-corrected chi connectivity index (χ3v) is 4.32. The Bertz CT molecular complexity index is 906. The lowest BCUT2D eigenvalue weighted by molar-refractivity contribution is -0.120. The molecule has 29 heavy (non-hydrogen) atoms. The van der Waals surface area contributed by atoms with E-state index < -0.39 is 0 Å². The summed E-state index contributed by atoms with van der Waals surface area (Å²) in [4.78, 5) is 29.1. The number of rotatable bonds is 8. The van der Waals surface area contributed by atoms with E-state index in [-0.39, 0.29) is 24.4 Å². The van der Waals surface area contributed by atoms with Crippen LogP contribution in [0, 0.1) is 0 Å². The number of nitrogens with zero attached hydrogens (tertiary/aromatic N) is 1. The number of hydrogen-bond donors (Lipinski definition) is 2. The van der Waals surface area contributed by atoms with Gasteiger partial charge in [-0.25, -0.2) is 0 Å². The van der Waals surface area contributed by atoms with Crippen LogP contribution >= 0.6 is 0 Å². The predicted molar refractivity (Wildman–Crippen MR) is 111 cm³/mol. The van der Waals surface area contributed by atoms with Gasteiger partial charge in [0.25, 0.3) is 5.91 Å². The van der Waals surface area contributed by atoms with Crippen LogP contribution in [0.4, 0.5) is 0 Å². The minimum atomic E-state index is -0.357. The first-order valence-corrected chi connectivity index (χ1v) is 9.43. The summed E-state index contributed by atoms with van der Waals surface area (Å²) < 4.78 is 5.48. The van der Waals surface area contributed by atoms with Gasteiger partial charge in [-0.3, -0.25) is 14.6 Å². The van der Waals surface area contributed by atoms with Crippen LogP contribution in [0.15, 0.2) is 79.1 Å². The molecule has 1 atom stereocenters. The first-order chi connectivity index (χ1) is 14.2. The molecular weight excluding hydrogens is 366 g/mol. The Morgan fingerprint density at radius 3 is 2.31 bits per heavy atom. The molecule has 0 bridgehead atoms. The summed E-state index contributed by atoms with van der Waals surface area (Å²) in [7, 11) is 0. The van der Waals surface area contributed by atoms with Crippen molar-refractivity contribution in [3.63, 3.8) is 0 Å². The molecular formula is C23H23N3O3. The number of aromatic nitrogens is 1. The topological polar surface area (TPSA) is 80.3 Å². The molecule has 2 amide bonds. The molecule has 1 aromatic heterocycles. The average molecular weight is 389 g/mol. The second kappa shape index (κ2) is 10.0. The standard InChI is InChI=1S/C23H23N3O3/c1-2-29-20-11-7-6-10-19(20)23(28)25-16-21(27)26-22(17-8-4-3-5-9-17)18-12-14-24-15-13-18/h3-15,22H,2,16H2,1H3,(H,25,28)(H,26,27). The lowest BCUT2D eigenvalue weighted by Gasteiger charge is -2.20. The molecule has 0 spiro atoms.